The van der Waals surface area contributed by atoms with E-state index in [0.29, 0.717) is 39.7 Å². The van der Waals surface area contributed by atoms with Crippen LogP contribution in [-0.2, 0) is 26.5 Å². The average molecular weight is 1270 g/mol. The first-order valence-electron chi connectivity index (χ1n) is 32.4. The number of ether oxygens (including phenoxy) is 1. The van der Waals surface area contributed by atoms with Crippen LogP contribution in [0.1, 0.15) is 40.0 Å². The van der Waals surface area contributed by atoms with Crippen LogP contribution in [0.4, 0.5) is 0 Å². The van der Waals surface area contributed by atoms with Gasteiger partial charge in [0.25, 0.3) is 6.33 Å². The third-order valence-electron chi connectivity index (χ3n) is 15.8. The van der Waals surface area contributed by atoms with Crippen LogP contribution in [0, 0.1) is 18.5 Å². The van der Waals surface area contributed by atoms with Gasteiger partial charge in [0.05, 0.1) is 41.5 Å². The molecule has 0 aliphatic heterocycles. The first-order valence-corrected chi connectivity index (χ1v) is 27.4. The third kappa shape index (κ3) is 8.21. The van der Waals surface area contributed by atoms with Gasteiger partial charge in [0.2, 0.25) is 0 Å². The predicted octanol–water partition coefficient (Wildman–Crippen LogP) is 18.4. The first-order chi connectivity index (χ1) is 45.0. The van der Waals surface area contributed by atoms with Gasteiger partial charge >= 0.3 is 0 Å². The number of fused-ring (bicyclic) bond motifs is 10. The number of hydrogen-bond acceptors (Lipinski definition) is 2. The summed E-state index contributed by atoms with van der Waals surface area (Å²) in [5.41, 5.74) is 9.96. The second-order valence-corrected chi connectivity index (χ2v) is 21.6. The monoisotopic (exact) mass is 1270 g/mol. The average Bonchev–Trinajstić information content (AvgIpc) is 1.55. The Kier molecular flexibility index (Phi) is 9.82. The standard InChI is InChI=1S/C76H52N6O.Pt/c1-76(2,3)52-42-43-77-74(44-52)82-68-41-40-54(80-64-34-14-10-28-58(64)59-29-11-15-35-65(59)80)46-62(68)63-47-72(81-66-36-16-12-30-60(66)61-31-13-17-37-67(61)81)73(48-71(63)82)83-55-27-20-26-53(45-55)78-49-79(70-39-19-18-38-69(70)78)75-56(50-22-6-4-7-23-50)32-21-33-57(75)51-24-8-5-9-25-51;/h4-44,46-47H,1-3H3;/q-2;/i4D,5D,6D,7D,8D,9D,22D,23D,24D,25D;. The Morgan fingerprint density at radius 2 is 1.04 bits per heavy atom. The molecule has 0 aliphatic carbocycles. The molecule has 0 amide bonds. The number of hydrogen-bond donors (Lipinski definition) is 0. The molecule has 11 aromatic carbocycles. The third-order valence-corrected chi connectivity index (χ3v) is 15.8. The fraction of sp³-hybridized carbons (Fsp3) is 0.0526. The quantitative estimate of drug-likeness (QED) is 0.107. The SMILES string of the molecule is [2H]c1c([2H])c([2H])c(-c2cccc(-c3c([2H])c([2H])c([2H])c([2H])c3[2H])c2-[n+]2[c-]n(-c3[c-]c(Oc4[c-]c5c(cc4-n4c6ccccc6c6ccccc64)c4cc(-n6c7ccccc7c7ccccc76)ccc4n5-c4cc(C(C)(C)C)ccn4)ccc3)c3ccccc32)c([2H])c1[2H].[Pt]. The van der Waals surface area contributed by atoms with E-state index in [1.54, 1.807) is 27.3 Å². The van der Waals surface area contributed by atoms with E-state index in [-0.39, 0.29) is 54.4 Å². The molecule has 0 bridgehead atoms. The maximum atomic E-state index is 9.20. The molecule has 0 radical (unpaired) electrons. The van der Waals surface area contributed by atoms with E-state index in [0.717, 1.165) is 76.7 Å². The normalized spacial score (nSPS) is 13.6. The fourth-order valence-electron chi connectivity index (χ4n) is 12.1. The van der Waals surface area contributed by atoms with Crippen molar-refractivity contribution in [1.29, 1.82) is 0 Å². The Hall–Kier alpha value is -10.1. The molecule has 0 fully saturated rings. The van der Waals surface area contributed by atoms with Crippen molar-refractivity contribution in [2.24, 2.45) is 0 Å². The largest absolute Gasteiger partial charge is 0.508 e. The second kappa shape index (κ2) is 20.1. The molecule has 0 aliphatic rings. The summed E-state index contributed by atoms with van der Waals surface area (Å²) in [5.74, 6) is 1.40. The fourth-order valence-corrected chi connectivity index (χ4v) is 12.1. The van der Waals surface area contributed by atoms with Crippen LogP contribution in [0.15, 0.2) is 261 Å². The number of pyridine rings is 1. The van der Waals surface area contributed by atoms with E-state index < -0.39 is 60.4 Å². The maximum Gasteiger partial charge on any atom is 0.268 e. The van der Waals surface area contributed by atoms with Gasteiger partial charge in [-0.15, -0.1) is 24.3 Å². The number of benzene rings is 11. The van der Waals surface area contributed by atoms with Gasteiger partial charge in [0.15, 0.2) is 0 Å². The van der Waals surface area contributed by atoms with Crippen LogP contribution in [0.2, 0.25) is 0 Å². The Bertz CT molecular complexity index is 5630. The summed E-state index contributed by atoms with van der Waals surface area (Å²) in [6, 6.07) is 66.4. The van der Waals surface area contributed by atoms with Crippen molar-refractivity contribution in [3.8, 4) is 62.3 Å². The number of nitrogens with zero attached hydrogens (tertiary/aromatic N) is 6. The molecule has 0 saturated heterocycles. The van der Waals surface area contributed by atoms with Gasteiger partial charge in [0, 0.05) is 82.5 Å². The van der Waals surface area contributed by atoms with Crippen LogP contribution in [0.3, 0.4) is 0 Å². The molecule has 7 nitrogen and oxygen atoms in total. The van der Waals surface area contributed by atoms with Crippen LogP contribution in [0.25, 0.3) is 127 Å². The topological polar surface area (TPSA) is 45.7 Å². The van der Waals surface area contributed by atoms with E-state index in [4.69, 9.17) is 17.9 Å². The molecule has 0 saturated carbocycles. The maximum absolute atomic E-state index is 9.20. The molecule has 84 heavy (non-hydrogen) atoms. The smallest absolute Gasteiger partial charge is 0.268 e. The van der Waals surface area contributed by atoms with E-state index >= 15 is 0 Å². The zero-order chi connectivity index (χ0) is 64.0. The number of rotatable bonds is 9. The molecule has 0 N–H and O–H groups in total. The molecule has 5 aromatic heterocycles. The van der Waals surface area contributed by atoms with Gasteiger partial charge in [-0.1, -0.05) is 207 Å². The second-order valence-electron chi connectivity index (χ2n) is 21.6. The molecular weight excluding hydrogens is 1210 g/mol. The van der Waals surface area contributed by atoms with Crippen molar-refractivity contribution >= 4 is 76.5 Å². The van der Waals surface area contributed by atoms with Crippen LogP contribution in [0.5, 0.6) is 11.5 Å². The zero-order valence-corrected chi connectivity index (χ0v) is 47.7. The van der Waals surface area contributed by atoms with Crippen molar-refractivity contribution in [1.82, 2.24) is 23.3 Å². The Morgan fingerprint density at radius 1 is 0.488 bits per heavy atom. The van der Waals surface area contributed by atoms with E-state index in [2.05, 4.69) is 162 Å². The van der Waals surface area contributed by atoms with Gasteiger partial charge in [-0.2, -0.15) is 12.1 Å². The van der Waals surface area contributed by atoms with Gasteiger partial charge in [-0.05, 0) is 105 Å². The van der Waals surface area contributed by atoms with Crippen LogP contribution in [-0.4, -0.2) is 23.3 Å². The summed E-state index contributed by atoms with van der Waals surface area (Å²) < 4.78 is 106. The summed E-state index contributed by atoms with van der Waals surface area (Å²) in [6.45, 7) is 6.57. The van der Waals surface area contributed by atoms with E-state index in [9.17, 15) is 5.48 Å². The van der Waals surface area contributed by atoms with Gasteiger partial charge in [-0.3, -0.25) is 4.57 Å². The summed E-state index contributed by atoms with van der Waals surface area (Å²) in [5, 5.41) is 6.30. The summed E-state index contributed by atoms with van der Waals surface area (Å²) in [7, 11) is 0. The number of aromatic nitrogens is 6. The first kappa shape index (κ1) is 41.0. The molecule has 5 heterocycles. The summed E-state index contributed by atoms with van der Waals surface area (Å²) >= 11 is 0. The predicted molar refractivity (Wildman–Crippen MR) is 338 cm³/mol. The molecular formula is C76H52N6OPt-2. The van der Waals surface area contributed by atoms with Crippen molar-refractivity contribution in [2.75, 3.05) is 0 Å². The van der Waals surface area contributed by atoms with Crippen molar-refractivity contribution < 1.29 is 44.1 Å². The minimum atomic E-state index is -0.583. The molecule has 0 unspecified atom stereocenters. The molecule has 404 valence electrons. The summed E-state index contributed by atoms with van der Waals surface area (Å²) in [4.78, 5) is 5.09. The van der Waals surface area contributed by atoms with E-state index in [1.165, 1.54) is 0 Å². The minimum absolute atomic E-state index is 0. The Balaban J connectivity index is 0.00000729. The molecule has 0 atom stereocenters. The van der Waals surface area contributed by atoms with Crippen molar-refractivity contribution in [3.63, 3.8) is 0 Å². The van der Waals surface area contributed by atoms with Crippen molar-refractivity contribution in [3.05, 3.63) is 285 Å². The van der Waals surface area contributed by atoms with Crippen LogP contribution < -0.4 is 9.30 Å². The van der Waals surface area contributed by atoms with Gasteiger partial charge in [-0.25, -0.2) is 4.98 Å². The van der Waals surface area contributed by atoms with E-state index in [1.807, 2.05) is 72.9 Å². The minimum Gasteiger partial charge on any atom is -0.508 e. The number of para-hydroxylation sites is 7. The van der Waals surface area contributed by atoms with Crippen LogP contribution >= 0.6 is 0 Å². The Morgan fingerprint density at radius 3 is 1.64 bits per heavy atom. The zero-order valence-electron chi connectivity index (χ0n) is 55.5. The summed E-state index contributed by atoms with van der Waals surface area (Å²) in [6.07, 6.45) is 5.36. The Labute approximate surface area is 514 Å². The van der Waals surface area contributed by atoms with Crippen molar-refractivity contribution in [2.45, 2.75) is 26.2 Å². The molecule has 16 aromatic rings. The molecule has 8 heteroatoms. The van der Waals surface area contributed by atoms with Gasteiger partial charge < -0.3 is 23.0 Å². The number of imidazole rings is 1. The van der Waals surface area contributed by atoms with Gasteiger partial charge in [0.1, 0.15) is 5.82 Å². The molecule has 16 rings (SSSR count). The molecule has 0 spiro atoms.